The maximum atomic E-state index is 5.60. The lowest BCUT2D eigenvalue weighted by Crippen LogP contribution is -2.39. The van der Waals surface area contributed by atoms with Crippen LogP contribution < -0.4 is 5.73 Å². The van der Waals surface area contributed by atoms with Gasteiger partial charge in [-0.3, -0.25) is 0 Å². The van der Waals surface area contributed by atoms with Crippen LogP contribution in [0.15, 0.2) is 0 Å². The van der Waals surface area contributed by atoms with Crippen LogP contribution in [0, 0.1) is 0 Å². The van der Waals surface area contributed by atoms with Crippen molar-refractivity contribution in [3.63, 3.8) is 0 Å². The fraction of sp³-hybridized carbons (Fsp3) is 1.00. The Bertz CT molecular complexity index is 149. The Labute approximate surface area is 92.1 Å². The summed E-state index contributed by atoms with van der Waals surface area (Å²) in [6.07, 6.45) is 3.83. The fourth-order valence-corrected chi connectivity index (χ4v) is 1.54. The molecule has 0 heterocycles. The molecule has 4 heteroatoms. The Morgan fingerprint density at radius 3 is 2.27 bits per heavy atom. The Balaban J connectivity index is 1.81. The molecule has 0 aromatic carbocycles. The number of ether oxygens (including phenoxy) is 3. The molecule has 0 spiro atoms. The van der Waals surface area contributed by atoms with Crippen LogP contribution in [0.4, 0.5) is 0 Å². The monoisotopic (exact) mass is 217 g/mol. The summed E-state index contributed by atoms with van der Waals surface area (Å²) >= 11 is 0. The summed E-state index contributed by atoms with van der Waals surface area (Å²) in [6, 6.07) is 0. The Hall–Kier alpha value is -0.160. The number of nitrogens with two attached hydrogens (primary N) is 1. The summed E-state index contributed by atoms with van der Waals surface area (Å²) in [4.78, 5) is 0. The molecule has 0 aliphatic heterocycles. The highest BCUT2D eigenvalue weighted by Crippen LogP contribution is 2.25. The van der Waals surface area contributed by atoms with E-state index in [-0.39, 0.29) is 0 Å². The van der Waals surface area contributed by atoms with E-state index in [1.165, 1.54) is 0 Å². The van der Waals surface area contributed by atoms with Crippen LogP contribution in [0.3, 0.4) is 0 Å². The summed E-state index contributed by atoms with van der Waals surface area (Å²) < 4.78 is 16.4. The molecular weight excluding hydrogens is 194 g/mol. The largest absolute Gasteiger partial charge is 0.379 e. The minimum atomic E-state index is 0.370. The van der Waals surface area contributed by atoms with Crippen molar-refractivity contribution in [2.75, 3.05) is 33.0 Å². The van der Waals surface area contributed by atoms with Gasteiger partial charge in [0, 0.05) is 13.2 Å². The molecule has 4 nitrogen and oxygen atoms in total. The summed E-state index contributed by atoms with van der Waals surface area (Å²) in [7, 11) is 0. The van der Waals surface area contributed by atoms with Crippen molar-refractivity contribution in [2.45, 2.75) is 38.4 Å². The molecule has 0 atom stereocenters. The molecule has 0 aromatic rings. The van der Waals surface area contributed by atoms with Crippen molar-refractivity contribution >= 4 is 0 Å². The van der Waals surface area contributed by atoms with Gasteiger partial charge in [-0.25, -0.2) is 0 Å². The second-order valence-corrected chi connectivity index (χ2v) is 3.86. The van der Waals surface area contributed by atoms with Crippen LogP contribution in [0.5, 0.6) is 0 Å². The van der Waals surface area contributed by atoms with E-state index in [0.717, 1.165) is 25.9 Å². The average Bonchev–Trinajstić information content (AvgIpc) is 2.19. The van der Waals surface area contributed by atoms with Crippen LogP contribution >= 0.6 is 0 Å². The highest BCUT2D eigenvalue weighted by atomic mass is 16.5. The van der Waals surface area contributed by atoms with Gasteiger partial charge in [-0.15, -0.1) is 0 Å². The molecule has 0 radical (unpaired) electrons. The number of hydrogen-bond acceptors (Lipinski definition) is 4. The molecule has 1 fully saturated rings. The molecule has 90 valence electrons. The summed E-state index contributed by atoms with van der Waals surface area (Å²) in [5.41, 5.74) is 5.34. The van der Waals surface area contributed by atoms with Crippen LogP contribution in [0.1, 0.15) is 26.2 Å². The normalized spacial score (nSPS) is 25.2. The smallest absolute Gasteiger partial charge is 0.0704 e. The van der Waals surface area contributed by atoms with E-state index < -0.39 is 0 Å². The van der Waals surface area contributed by atoms with Gasteiger partial charge >= 0.3 is 0 Å². The van der Waals surface area contributed by atoms with Crippen LogP contribution in [-0.4, -0.2) is 45.2 Å². The van der Waals surface area contributed by atoms with Gasteiger partial charge < -0.3 is 19.9 Å². The molecule has 0 amide bonds. The molecule has 0 unspecified atom stereocenters. The first-order chi connectivity index (χ1) is 7.36. The molecule has 1 rings (SSSR count). The van der Waals surface area contributed by atoms with E-state index in [1.807, 2.05) is 0 Å². The van der Waals surface area contributed by atoms with E-state index in [1.54, 1.807) is 0 Å². The van der Waals surface area contributed by atoms with Gasteiger partial charge in [-0.2, -0.15) is 0 Å². The van der Waals surface area contributed by atoms with Crippen molar-refractivity contribution in [3.8, 4) is 0 Å². The highest BCUT2D eigenvalue weighted by Gasteiger charge is 2.30. The minimum absolute atomic E-state index is 0.370. The Kier molecular flexibility index (Phi) is 6.92. The van der Waals surface area contributed by atoms with Crippen LogP contribution in [-0.2, 0) is 14.2 Å². The molecule has 1 aliphatic rings. The first-order valence-corrected chi connectivity index (χ1v) is 5.87. The Morgan fingerprint density at radius 1 is 1.00 bits per heavy atom. The van der Waals surface area contributed by atoms with Crippen LogP contribution in [0.25, 0.3) is 0 Å². The lowest BCUT2D eigenvalue weighted by atomic mass is 9.92. The van der Waals surface area contributed by atoms with Crippen molar-refractivity contribution in [3.05, 3.63) is 0 Å². The maximum Gasteiger partial charge on any atom is 0.0704 e. The predicted octanol–water partition coefficient (Wildman–Crippen LogP) is 0.936. The third-order valence-corrected chi connectivity index (χ3v) is 2.45. The number of rotatable bonds is 9. The molecule has 0 aromatic heterocycles. The average molecular weight is 217 g/mol. The van der Waals surface area contributed by atoms with Crippen LogP contribution in [0.2, 0.25) is 0 Å². The van der Waals surface area contributed by atoms with Crippen molar-refractivity contribution in [1.29, 1.82) is 0 Å². The van der Waals surface area contributed by atoms with Gasteiger partial charge in [0.25, 0.3) is 0 Å². The minimum Gasteiger partial charge on any atom is -0.379 e. The molecule has 1 saturated carbocycles. The molecule has 0 saturated heterocycles. The zero-order chi connectivity index (χ0) is 10.9. The van der Waals surface area contributed by atoms with Gasteiger partial charge in [0.15, 0.2) is 0 Å². The Morgan fingerprint density at radius 2 is 1.67 bits per heavy atom. The van der Waals surface area contributed by atoms with Gasteiger partial charge in [-0.1, -0.05) is 6.92 Å². The van der Waals surface area contributed by atoms with Crippen molar-refractivity contribution < 1.29 is 14.2 Å². The zero-order valence-corrected chi connectivity index (χ0v) is 9.61. The molecule has 1 aliphatic carbocycles. The summed E-state index contributed by atoms with van der Waals surface area (Å²) in [6.45, 7) is 5.61. The standard InChI is InChI=1S/C11H23NO3/c1-2-4-13-6-7-15-11-8-10(9-11)14-5-3-12/h10-11H,2-9,12H2,1H3. The van der Waals surface area contributed by atoms with Gasteiger partial charge in [0.2, 0.25) is 0 Å². The summed E-state index contributed by atoms with van der Waals surface area (Å²) in [5.74, 6) is 0. The zero-order valence-electron chi connectivity index (χ0n) is 9.61. The quantitative estimate of drug-likeness (QED) is 0.584. The number of hydrogen-bond donors (Lipinski definition) is 1. The first kappa shape index (κ1) is 12.9. The van der Waals surface area contributed by atoms with Gasteiger partial charge in [0.05, 0.1) is 32.0 Å². The van der Waals surface area contributed by atoms with E-state index in [2.05, 4.69) is 6.92 Å². The van der Waals surface area contributed by atoms with Gasteiger partial charge in [-0.05, 0) is 19.3 Å². The van der Waals surface area contributed by atoms with E-state index >= 15 is 0 Å². The fourth-order valence-electron chi connectivity index (χ4n) is 1.54. The second-order valence-electron chi connectivity index (χ2n) is 3.86. The summed E-state index contributed by atoms with van der Waals surface area (Å²) in [5, 5.41) is 0. The maximum absolute atomic E-state index is 5.60. The SMILES string of the molecule is CCCOCCOC1CC(OCCN)C1. The highest BCUT2D eigenvalue weighted by molar-refractivity contribution is 4.81. The molecular formula is C11H23NO3. The molecule has 2 N–H and O–H groups in total. The third-order valence-electron chi connectivity index (χ3n) is 2.45. The lowest BCUT2D eigenvalue weighted by Gasteiger charge is -2.34. The molecule has 15 heavy (non-hydrogen) atoms. The van der Waals surface area contributed by atoms with E-state index in [0.29, 0.717) is 38.6 Å². The van der Waals surface area contributed by atoms with E-state index in [4.69, 9.17) is 19.9 Å². The van der Waals surface area contributed by atoms with E-state index in [9.17, 15) is 0 Å². The predicted molar refractivity (Wildman–Crippen MR) is 58.9 cm³/mol. The first-order valence-electron chi connectivity index (χ1n) is 5.87. The van der Waals surface area contributed by atoms with Crippen molar-refractivity contribution in [1.82, 2.24) is 0 Å². The molecule has 0 bridgehead atoms. The second kappa shape index (κ2) is 8.05. The van der Waals surface area contributed by atoms with Crippen molar-refractivity contribution in [2.24, 2.45) is 5.73 Å². The van der Waals surface area contributed by atoms with Gasteiger partial charge in [0.1, 0.15) is 0 Å². The third kappa shape index (κ3) is 5.47. The topological polar surface area (TPSA) is 53.7 Å². The lowest BCUT2D eigenvalue weighted by molar-refractivity contribution is -0.108.